The summed E-state index contributed by atoms with van der Waals surface area (Å²) in [5.41, 5.74) is 2.85. The first-order valence-corrected chi connectivity index (χ1v) is 8.30. The molecule has 0 aliphatic carbocycles. The summed E-state index contributed by atoms with van der Waals surface area (Å²) in [5, 5.41) is 3.57. The molecule has 2 heterocycles. The number of nitrogens with zero attached hydrogens (tertiary/aromatic N) is 2. The Labute approximate surface area is 140 Å². The van der Waals surface area contributed by atoms with Crippen LogP contribution in [0.3, 0.4) is 0 Å². The minimum Gasteiger partial charge on any atom is -0.365 e. The van der Waals surface area contributed by atoms with Crippen molar-refractivity contribution in [3.8, 4) is 0 Å². The van der Waals surface area contributed by atoms with Crippen molar-refractivity contribution in [2.45, 2.75) is 18.9 Å². The van der Waals surface area contributed by atoms with Crippen molar-refractivity contribution in [3.05, 3.63) is 53.6 Å². The molecule has 0 aromatic heterocycles. The fourth-order valence-corrected chi connectivity index (χ4v) is 3.73. The van der Waals surface area contributed by atoms with Crippen molar-refractivity contribution in [1.82, 2.24) is 0 Å². The molecule has 118 valence electrons. The molecule has 1 unspecified atom stereocenters. The van der Waals surface area contributed by atoms with Gasteiger partial charge in [-0.25, -0.2) is 4.79 Å². The molecule has 4 rings (SSSR count). The van der Waals surface area contributed by atoms with Gasteiger partial charge >= 0.3 is 6.03 Å². The van der Waals surface area contributed by atoms with Gasteiger partial charge in [0, 0.05) is 29.8 Å². The molecule has 1 atom stereocenters. The fourth-order valence-electron chi connectivity index (χ4n) is 3.54. The molecule has 4 nitrogen and oxygen atoms in total. The number of carbonyl (C=O) groups excluding carboxylic acids is 1. The summed E-state index contributed by atoms with van der Waals surface area (Å²) in [6.07, 6.45) is 2.32. The van der Waals surface area contributed by atoms with Crippen LogP contribution >= 0.6 is 11.6 Å². The third kappa shape index (κ3) is 2.63. The Hall–Kier alpha value is -2.20. The summed E-state index contributed by atoms with van der Waals surface area (Å²) in [4.78, 5) is 17.1. The molecule has 5 heteroatoms. The van der Waals surface area contributed by atoms with Crippen molar-refractivity contribution >= 4 is 34.7 Å². The van der Waals surface area contributed by atoms with Gasteiger partial charge in [0.25, 0.3) is 0 Å². The molecular weight excluding hydrogens is 310 g/mol. The van der Waals surface area contributed by atoms with Crippen molar-refractivity contribution < 1.29 is 4.79 Å². The molecule has 2 aliphatic rings. The molecule has 2 aromatic carbocycles. The zero-order valence-corrected chi connectivity index (χ0v) is 13.5. The number of halogens is 1. The maximum absolute atomic E-state index is 12.8. The second-order valence-electron chi connectivity index (χ2n) is 6.03. The molecule has 0 radical (unpaired) electrons. The van der Waals surface area contributed by atoms with Gasteiger partial charge in [0.2, 0.25) is 0 Å². The standard InChI is InChI=1S/C18H18ClN3O/c19-13-5-3-6-14(11-13)20-18(23)22-12-15-7-4-10-21(15)16-8-1-2-9-17(16)22/h1-3,5-6,8-9,11,15H,4,7,10,12H2,(H,20,23). The molecular formula is C18H18ClN3O. The van der Waals surface area contributed by atoms with E-state index in [1.54, 1.807) is 12.1 Å². The smallest absolute Gasteiger partial charge is 0.326 e. The van der Waals surface area contributed by atoms with E-state index in [1.807, 2.05) is 35.2 Å². The Morgan fingerprint density at radius 1 is 1.13 bits per heavy atom. The minimum absolute atomic E-state index is 0.105. The van der Waals surface area contributed by atoms with Crippen LogP contribution in [0.5, 0.6) is 0 Å². The highest BCUT2D eigenvalue weighted by Gasteiger charge is 2.36. The zero-order chi connectivity index (χ0) is 15.8. The minimum atomic E-state index is -0.105. The molecule has 1 saturated heterocycles. The van der Waals surface area contributed by atoms with Gasteiger partial charge in [0.05, 0.1) is 11.4 Å². The number of para-hydroxylation sites is 2. The molecule has 1 N–H and O–H groups in total. The van der Waals surface area contributed by atoms with Gasteiger partial charge in [-0.15, -0.1) is 0 Å². The normalized spacial score (nSPS) is 19.3. The molecule has 2 amide bonds. The van der Waals surface area contributed by atoms with Crippen LogP contribution in [0.15, 0.2) is 48.5 Å². The third-order valence-corrected chi connectivity index (χ3v) is 4.81. The monoisotopic (exact) mass is 327 g/mol. The van der Waals surface area contributed by atoms with E-state index < -0.39 is 0 Å². The lowest BCUT2D eigenvalue weighted by Crippen LogP contribution is -2.49. The predicted octanol–water partition coefficient (Wildman–Crippen LogP) is 4.36. The van der Waals surface area contributed by atoms with Crippen molar-refractivity contribution in [3.63, 3.8) is 0 Å². The second-order valence-corrected chi connectivity index (χ2v) is 6.47. The van der Waals surface area contributed by atoms with E-state index in [0.29, 0.717) is 16.8 Å². The largest absolute Gasteiger partial charge is 0.365 e. The summed E-state index contributed by atoms with van der Waals surface area (Å²) in [6.45, 7) is 1.80. The number of fused-ring (bicyclic) bond motifs is 3. The van der Waals surface area contributed by atoms with Crippen molar-refractivity contribution in [2.24, 2.45) is 0 Å². The van der Waals surface area contributed by atoms with Crippen molar-refractivity contribution in [1.29, 1.82) is 0 Å². The molecule has 0 spiro atoms. The number of carbonyl (C=O) groups is 1. The van der Waals surface area contributed by atoms with Crippen LogP contribution in [0.25, 0.3) is 0 Å². The van der Waals surface area contributed by atoms with Crippen molar-refractivity contribution in [2.75, 3.05) is 28.2 Å². The predicted molar refractivity (Wildman–Crippen MR) is 94.6 cm³/mol. The average Bonchev–Trinajstić information content (AvgIpc) is 3.03. The number of hydrogen-bond donors (Lipinski definition) is 1. The number of hydrogen-bond acceptors (Lipinski definition) is 2. The first-order chi connectivity index (χ1) is 11.2. The zero-order valence-electron chi connectivity index (χ0n) is 12.7. The topological polar surface area (TPSA) is 35.6 Å². The Morgan fingerprint density at radius 3 is 2.78 bits per heavy atom. The second kappa shape index (κ2) is 5.78. The fraction of sp³-hybridized carbons (Fsp3) is 0.278. The SMILES string of the molecule is O=C(Nc1cccc(Cl)c1)N1CC2CCCN2c2ccccc21. The molecule has 1 fully saturated rings. The summed E-state index contributed by atoms with van der Waals surface area (Å²) in [7, 11) is 0. The van der Waals surface area contributed by atoms with Crippen LogP contribution in [0.4, 0.5) is 21.9 Å². The molecule has 2 aromatic rings. The van der Waals surface area contributed by atoms with Gasteiger partial charge in [-0.2, -0.15) is 0 Å². The van der Waals surface area contributed by atoms with E-state index >= 15 is 0 Å². The van der Waals surface area contributed by atoms with Gasteiger partial charge in [-0.3, -0.25) is 4.90 Å². The van der Waals surface area contributed by atoms with E-state index in [9.17, 15) is 4.79 Å². The lowest BCUT2D eigenvalue weighted by molar-refractivity contribution is 0.256. The first kappa shape index (κ1) is 14.4. The lowest BCUT2D eigenvalue weighted by Gasteiger charge is -2.40. The van der Waals surface area contributed by atoms with E-state index in [2.05, 4.69) is 16.3 Å². The van der Waals surface area contributed by atoms with Gasteiger partial charge in [-0.1, -0.05) is 29.8 Å². The highest BCUT2D eigenvalue weighted by atomic mass is 35.5. The molecule has 0 bridgehead atoms. The lowest BCUT2D eigenvalue weighted by atomic mass is 10.1. The van der Waals surface area contributed by atoms with Crippen LogP contribution in [0, 0.1) is 0 Å². The first-order valence-electron chi connectivity index (χ1n) is 7.92. The highest BCUT2D eigenvalue weighted by Crippen LogP contribution is 2.39. The van der Waals surface area contributed by atoms with E-state index in [1.165, 1.54) is 6.42 Å². The summed E-state index contributed by atoms with van der Waals surface area (Å²) in [6, 6.07) is 15.7. The third-order valence-electron chi connectivity index (χ3n) is 4.57. The van der Waals surface area contributed by atoms with Gasteiger partial charge < -0.3 is 10.2 Å². The quantitative estimate of drug-likeness (QED) is 0.844. The Kier molecular flexibility index (Phi) is 3.62. The van der Waals surface area contributed by atoms with Gasteiger partial charge in [0.1, 0.15) is 0 Å². The summed E-state index contributed by atoms with van der Waals surface area (Å²) < 4.78 is 0. The molecule has 23 heavy (non-hydrogen) atoms. The Bertz CT molecular complexity index is 749. The number of urea groups is 1. The maximum atomic E-state index is 12.8. The van der Waals surface area contributed by atoms with E-state index in [-0.39, 0.29) is 6.03 Å². The van der Waals surface area contributed by atoms with Gasteiger partial charge in [-0.05, 0) is 43.2 Å². The van der Waals surface area contributed by atoms with E-state index in [0.717, 1.165) is 30.9 Å². The van der Waals surface area contributed by atoms with Crippen LogP contribution in [0.2, 0.25) is 5.02 Å². The molecule has 0 saturated carbocycles. The number of anilines is 3. The van der Waals surface area contributed by atoms with E-state index in [4.69, 9.17) is 11.6 Å². The van der Waals surface area contributed by atoms with Crippen LogP contribution < -0.4 is 15.1 Å². The van der Waals surface area contributed by atoms with Gasteiger partial charge in [0.15, 0.2) is 0 Å². The number of rotatable bonds is 1. The average molecular weight is 328 g/mol. The Morgan fingerprint density at radius 2 is 1.96 bits per heavy atom. The number of amides is 2. The molecule has 2 aliphatic heterocycles. The summed E-state index contributed by atoms with van der Waals surface area (Å²) in [5.74, 6) is 0. The van der Waals surface area contributed by atoms with Crippen LogP contribution in [-0.4, -0.2) is 25.2 Å². The van der Waals surface area contributed by atoms with Crippen LogP contribution in [0.1, 0.15) is 12.8 Å². The highest BCUT2D eigenvalue weighted by molar-refractivity contribution is 6.30. The number of benzene rings is 2. The van der Waals surface area contributed by atoms with Crippen LogP contribution in [-0.2, 0) is 0 Å². The summed E-state index contributed by atoms with van der Waals surface area (Å²) >= 11 is 6.00. The number of nitrogens with one attached hydrogen (secondary N) is 1. The Balaban J connectivity index is 1.63. The maximum Gasteiger partial charge on any atom is 0.326 e.